The molecule has 2 heterocycles. The number of alkyl halides is 3. The summed E-state index contributed by atoms with van der Waals surface area (Å²) in [4.78, 5) is 19.5. The number of hydrogen-bond acceptors (Lipinski definition) is 6. The third kappa shape index (κ3) is 3.76. The number of carbonyl (C=O) groups is 1. The van der Waals surface area contributed by atoms with Crippen molar-refractivity contribution in [3.8, 4) is 0 Å². The monoisotopic (exact) mass is 435 g/mol. The zero-order valence-electron chi connectivity index (χ0n) is 14.0. The molecule has 1 aromatic carbocycles. The van der Waals surface area contributed by atoms with Gasteiger partial charge >= 0.3 is 12.1 Å². The molecule has 0 spiro atoms. The molecule has 1 aromatic heterocycles. The van der Waals surface area contributed by atoms with E-state index in [4.69, 9.17) is 11.6 Å². The summed E-state index contributed by atoms with van der Waals surface area (Å²) in [5, 5.41) is 7.92. The van der Waals surface area contributed by atoms with Gasteiger partial charge in [0.1, 0.15) is 11.9 Å². The predicted octanol–water partition coefficient (Wildman–Crippen LogP) is 2.65. The van der Waals surface area contributed by atoms with Gasteiger partial charge in [0, 0.05) is 12.7 Å². The van der Waals surface area contributed by atoms with Gasteiger partial charge in [-0.1, -0.05) is 12.1 Å². The number of carboxylic acids is 1. The lowest BCUT2D eigenvalue weighted by molar-refractivity contribution is -0.140. The molecule has 2 aromatic rings. The largest absolute Gasteiger partial charge is 0.480 e. The molecule has 1 aliphatic heterocycles. The van der Waals surface area contributed by atoms with E-state index in [1.54, 1.807) is 0 Å². The zero-order valence-corrected chi connectivity index (χ0v) is 15.5. The number of halogens is 4. The molecule has 0 radical (unpaired) electrons. The molecule has 1 fully saturated rings. The molecule has 3 rings (SSSR count). The van der Waals surface area contributed by atoms with Crippen molar-refractivity contribution in [2.45, 2.75) is 28.8 Å². The van der Waals surface area contributed by atoms with Crippen LogP contribution in [-0.2, 0) is 20.8 Å². The Balaban J connectivity index is 2.02. The Labute approximate surface area is 162 Å². The lowest BCUT2D eigenvalue weighted by Gasteiger charge is -2.22. The van der Waals surface area contributed by atoms with Crippen LogP contribution in [0.15, 0.2) is 41.4 Å². The second-order valence-electron chi connectivity index (χ2n) is 6.09. The van der Waals surface area contributed by atoms with E-state index < -0.39 is 50.2 Å². The van der Waals surface area contributed by atoms with Crippen molar-refractivity contribution >= 4 is 33.2 Å². The zero-order chi connectivity index (χ0) is 20.7. The Bertz CT molecular complexity index is 1020. The van der Waals surface area contributed by atoms with Gasteiger partial charge in [-0.2, -0.15) is 13.2 Å². The van der Waals surface area contributed by atoms with Crippen molar-refractivity contribution in [1.82, 2.24) is 9.97 Å². The number of carboxylic acid groups (broad SMARTS) is 1. The number of hydrogen-bond donors (Lipinski definition) is 1. The van der Waals surface area contributed by atoms with E-state index in [1.165, 1.54) is 23.2 Å². The Kier molecular flexibility index (Phi) is 5.24. The second kappa shape index (κ2) is 7.21. The Morgan fingerprint density at radius 3 is 2.54 bits per heavy atom. The molecule has 0 aliphatic carbocycles. The first-order valence-electron chi connectivity index (χ1n) is 7.90. The van der Waals surface area contributed by atoms with Crippen LogP contribution in [0, 0.1) is 0 Å². The van der Waals surface area contributed by atoms with Gasteiger partial charge in [0.15, 0.2) is 9.84 Å². The molecular formula is C16H13ClF3N3O4S. The van der Waals surface area contributed by atoms with Crippen molar-refractivity contribution in [2.75, 3.05) is 11.4 Å². The molecule has 1 saturated heterocycles. The fourth-order valence-corrected chi connectivity index (χ4v) is 5.18. The Hall–Kier alpha value is -2.40. The summed E-state index contributed by atoms with van der Waals surface area (Å²) in [6.07, 6.45) is -4.00. The van der Waals surface area contributed by atoms with Crippen LogP contribution in [-0.4, -0.2) is 47.3 Å². The number of sulfone groups is 1. The first-order chi connectivity index (χ1) is 13.0. The molecule has 0 amide bonds. The van der Waals surface area contributed by atoms with E-state index in [0.717, 1.165) is 12.1 Å². The summed E-state index contributed by atoms with van der Waals surface area (Å²) in [5.41, 5.74) is -1.29. The Morgan fingerprint density at radius 2 is 1.93 bits per heavy atom. The smallest absolute Gasteiger partial charge is 0.417 e. The van der Waals surface area contributed by atoms with Gasteiger partial charge in [-0.3, -0.25) is 0 Å². The number of anilines is 1. The van der Waals surface area contributed by atoms with E-state index in [0.29, 0.717) is 6.07 Å². The quantitative estimate of drug-likeness (QED) is 0.737. The fraction of sp³-hybridized carbons (Fsp3) is 0.312. The number of aliphatic carboxylic acids is 1. The summed E-state index contributed by atoms with van der Waals surface area (Å²) >= 11 is 5.70. The SMILES string of the molecule is O=C(O)[C@@H]1C[C@H](S(=O)(=O)c2ccccc2C(F)(F)F)CN1c1ccnc(Cl)n1. The molecule has 150 valence electrons. The van der Waals surface area contributed by atoms with Gasteiger partial charge in [0.25, 0.3) is 0 Å². The highest BCUT2D eigenvalue weighted by Gasteiger charge is 2.46. The van der Waals surface area contributed by atoms with E-state index in [2.05, 4.69) is 9.97 Å². The molecule has 7 nitrogen and oxygen atoms in total. The van der Waals surface area contributed by atoms with Crippen LogP contribution in [0.3, 0.4) is 0 Å². The van der Waals surface area contributed by atoms with Gasteiger partial charge in [-0.15, -0.1) is 0 Å². The Morgan fingerprint density at radius 1 is 1.25 bits per heavy atom. The number of benzene rings is 1. The molecule has 0 saturated carbocycles. The summed E-state index contributed by atoms with van der Waals surface area (Å²) < 4.78 is 65.6. The lowest BCUT2D eigenvalue weighted by atomic mass is 10.2. The molecule has 2 atom stereocenters. The topological polar surface area (TPSA) is 100 Å². The van der Waals surface area contributed by atoms with Crippen LogP contribution in [0.5, 0.6) is 0 Å². The van der Waals surface area contributed by atoms with Gasteiger partial charge in [0.2, 0.25) is 5.28 Å². The van der Waals surface area contributed by atoms with E-state index in [-0.39, 0.29) is 17.6 Å². The molecule has 1 aliphatic rings. The minimum absolute atomic E-state index is 0.0780. The molecule has 12 heteroatoms. The highest BCUT2D eigenvalue weighted by molar-refractivity contribution is 7.92. The standard InChI is InChI=1S/C16H13ClF3N3O4S/c17-15-21-6-5-13(22-15)23-8-9(7-11(23)14(24)25)28(26,27)12-4-2-1-3-10(12)16(18,19)20/h1-6,9,11H,7-8H2,(H,24,25)/t9-,11-/m0/s1. The first kappa shape index (κ1) is 20.3. The third-order valence-corrected chi connectivity index (χ3v) is 6.76. The fourth-order valence-electron chi connectivity index (χ4n) is 3.12. The molecule has 1 N–H and O–H groups in total. The average molecular weight is 436 g/mol. The lowest BCUT2D eigenvalue weighted by Crippen LogP contribution is -2.36. The summed E-state index contributed by atoms with van der Waals surface area (Å²) in [6.45, 7) is -0.348. The molecule has 0 bridgehead atoms. The highest BCUT2D eigenvalue weighted by atomic mass is 35.5. The number of nitrogens with zero attached hydrogens (tertiary/aromatic N) is 3. The van der Waals surface area contributed by atoms with Crippen molar-refractivity contribution in [2.24, 2.45) is 0 Å². The predicted molar refractivity (Wildman–Crippen MR) is 92.8 cm³/mol. The molecular weight excluding hydrogens is 423 g/mol. The minimum atomic E-state index is -4.87. The van der Waals surface area contributed by atoms with Crippen molar-refractivity contribution in [1.29, 1.82) is 0 Å². The highest BCUT2D eigenvalue weighted by Crippen LogP contribution is 2.38. The average Bonchev–Trinajstić information content (AvgIpc) is 3.07. The van der Waals surface area contributed by atoms with Crippen LogP contribution in [0.2, 0.25) is 5.28 Å². The third-order valence-electron chi connectivity index (χ3n) is 4.39. The van der Waals surface area contributed by atoms with Crippen LogP contribution in [0.4, 0.5) is 19.0 Å². The van der Waals surface area contributed by atoms with Crippen LogP contribution in [0.25, 0.3) is 0 Å². The molecule has 28 heavy (non-hydrogen) atoms. The number of aromatic nitrogens is 2. The van der Waals surface area contributed by atoms with Gasteiger partial charge in [0.05, 0.1) is 15.7 Å². The maximum Gasteiger partial charge on any atom is 0.417 e. The van der Waals surface area contributed by atoms with E-state index >= 15 is 0 Å². The normalized spacial score (nSPS) is 20.4. The summed E-state index contributed by atoms with van der Waals surface area (Å²) in [6, 6.07) is 3.89. The minimum Gasteiger partial charge on any atom is -0.480 e. The number of rotatable bonds is 4. The van der Waals surface area contributed by atoms with Crippen molar-refractivity contribution in [3.63, 3.8) is 0 Å². The van der Waals surface area contributed by atoms with Crippen molar-refractivity contribution < 1.29 is 31.5 Å². The van der Waals surface area contributed by atoms with Gasteiger partial charge in [-0.05, 0) is 36.2 Å². The first-order valence-corrected chi connectivity index (χ1v) is 9.82. The van der Waals surface area contributed by atoms with Crippen LogP contribution >= 0.6 is 11.6 Å². The maximum atomic E-state index is 13.3. The van der Waals surface area contributed by atoms with E-state index in [9.17, 15) is 31.5 Å². The van der Waals surface area contributed by atoms with Crippen LogP contribution < -0.4 is 4.90 Å². The van der Waals surface area contributed by atoms with E-state index in [1.807, 2.05) is 0 Å². The summed E-state index contributed by atoms with van der Waals surface area (Å²) in [7, 11) is -4.47. The van der Waals surface area contributed by atoms with Crippen molar-refractivity contribution in [3.05, 3.63) is 47.4 Å². The van der Waals surface area contributed by atoms with Gasteiger partial charge in [-0.25, -0.2) is 23.2 Å². The molecule has 0 unspecified atom stereocenters. The van der Waals surface area contributed by atoms with Gasteiger partial charge < -0.3 is 10.0 Å². The maximum absolute atomic E-state index is 13.3. The second-order valence-corrected chi connectivity index (χ2v) is 8.62. The van der Waals surface area contributed by atoms with Crippen LogP contribution in [0.1, 0.15) is 12.0 Å². The summed E-state index contributed by atoms with van der Waals surface area (Å²) in [5.74, 6) is -1.24.